The summed E-state index contributed by atoms with van der Waals surface area (Å²) in [5.41, 5.74) is 9.91. The smallest absolute Gasteiger partial charge is 0.370 e. The molecule has 0 aromatic carbocycles. The Morgan fingerprint density at radius 1 is 0.906 bits per heavy atom. The van der Waals surface area contributed by atoms with Crippen molar-refractivity contribution in [3.63, 3.8) is 0 Å². The van der Waals surface area contributed by atoms with Crippen LogP contribution in [-0.2, 0) is 25.5 Å². The predicted octanol–water partition coefficient (Wildman–Crippen LogP) is 2.59. The van der Waals surface area contributed by atoms with E-state index in [1.54, 1.807) is 52.0 Å². The first-order valence-corrected chi connectivity index (χ1v) is 10.4. The number of rotatable bonds is 10. The van der Waals surface area contributed by atoms with Gasteiger partial charge in [0.2, 0.25) is 0 Å². The average Bonchev–Trinajstić information content (AvgIpc) is 2.87. The lowest BCUT2D eigenvalue weighted by Crippen LogP contribution is -2.57. The molecule has 0 heterocycles. The molecule has 32 heavy (non-hydrogen) atoms. The van der Waals surface area contributed by atoms with Crippen molar-refractivity contribution < 1.29 is 33.6 Å². The first kappa shape index (κ1) is 25.2. The molecule has 0 spiro atoms. The number of nitrogens with zero attached hydrogens (tertiary/aromatic N) is 1. The lowest BCUT2D eigenvalue weighted by molar-refractivity contribution is -1.04. The van der Waals surface area contributed by atoms with E-state index in [1.807, 2.05) is 0 Å². The summed E-state index contributed by atoms with van der Waals surface area (Å²) < 4.78 is 10.2. The Labute approximate surface area is 186 Å². The standard InChI is InChI=1S/C22H29N3O7/c1-5-24-25(29,32-8-4)17(26)13-14-9-11-15-16(12-10-14)19(22(28)31-7-3)20(23)18(15)21(27)30-6-2/h9-12,24H,5-8,13,23H2,1-4H3. The van der Waals surface area contributed by atoms with Gasteiger partial charge < -0.3 is 20.4 Å². The number of hydrogen-bond acceptors (Lipinski definition) is 9. The monoisotopic (exact) mass is 447 g/mol. The van der Waals surface area contributed by atoms with Gasteiger partial charge in [0.25, 0.3) is 0 Å². The fourth-order valence-electron chi connectivity index (χ4n) is 3.31. The molecule has 0 fully saturated rings. The van der Waals surface area contributed by atoms with Gasteiger partial charge in [0.05, 0.1) is 36.4 Å². The van der Waals surface area contributed by atoms with Gasteiger partial charge in [0.1, 0.15) is 6.61 Å². The Morgan fingerprint density at radius 3 is 1.81 bits per heavy atom. The van der Waals surface area contributed by atoms with Gasteiger partial charge in [-0.1, -0.05) is 29.2 Å². The highest BCUT2D eigenvalue weighted by atomic mass is 17.0. The van der Waals surface area contributed by atoms with Crippen molar-refractivity contribution in [3.05, 3.63) is 46.2 Å². The van der Waals surface area contributed by atoms with Crippen LogP contribution in [0.15, 0.2) is 24.3 Å². The number of amides is 1. The first-order chi connectivity index (χ1) is 15.2. The number of nitrogens with two attached hydrogens (primary N) is 1. The molecular formula is C22H29N3O7. The molecule has 0 aromatic rings. The Morgan fingerprint density at radius 2 is 1.41 bits per heavy atom. The number of esters is 2. The average molecular weight is 447 g/mol. The van der Waals surface area contributed by atoms with Crippen LogP contribution in [0.25, 0.3) is 11.1 Å². The molecule has 10 heteroatoms. The summed E-state index contributed by atoms with van der Waals surface area (Å²) in [4.78, 5) is 41.1. The van der Waals surface area contributed by atoms with Gasteiger partial charge in [0.15, 0.2) is 0 Å². The maximum absolute atomic E-state index is 12.7. The Hall–Kier alpha value is -3.05. The van der Waals surface area contributed by atoms with Gasteiger partial charge >= 0.3 is 17.8 Å². The third kappa shape index (κ3) is 5.22. The molecule has 1 unspecified atom stereocenters. The second kappa shape index (κ2) is 11.0. The summed E-state index contributed by atoms with van der Waals surface area (Å²) in [7, 11) is 0. The van der Waals surface area contributed by atoms with Crippen LogP contribution < -0.4 is 11.2 Å². The van der Waals surface area contributed by atoms with Gasteiger partial charge in [-0.2, -0.15) is 4.84 Å². The third-order valence-electron chi connectivity index (χ3n) is 4.62. The molecular weight excluding hydrogens is 418 g/mol. The van der Waals surface area contributed by atoms with Crippen molar-refractivity contribution in [3.8, 4) is 11.1 Å². The van der Waals surface area contributed by atoms with Crippen molar-refractivity contribution in [2.75, 3.05) is 32.1 Å². The molecule has 0 aromatic heterocycles. The second-order valence-corrected chi connectivity index (χ2v) is 6.72. The van der Waals surface area contributed by atoms with E-state index in [0.29, 0.717) is 16.7 Å². The van der Waals surface area contributed by atoms with Crippen molar-refractivity contribution in [2.24, 2.45) is 0 Å². The van der Waals surface area contributed by atoms with Gasteiger partial charge in [-0.25, -0.2) is 14.4 Å². The van der Waals surface area contributed by atoms with E-state index in [-0.39, 0.29) is 49.6 Å². The number of carbonyl (C=O) groups excluding carboxylic acids is 3. The number of anilines is 1. The topological polar surface area (TPSA) is 140 Å². The van der Waals surface area contributed by atoms with Gasteiger partial charge in [-0.3, -0.25) is 0 Å². The van der Waals surface area contributed by atoms with Crippen LogP contribution in [0.5, 0.6) is 0 Å². The van der Waals surface area contributed by atoms with Crippen LogP contribution in [0.3, 0.4) is 0 Å². The van der Waals surface area contributed by atoms with Crippen LogP contribution in [-0.4, -0.2) is 49.1 Å². The molecule has 0 saturated heterocycles. The number of nitrogen functional groups attached to an aromatic ring is 1. The highest BCUT2D eigenvalue weighted by Gasteiger charge is 2.32. The van der Waals surface area contributed by atoms with E-state index in [4.69, 9.17) is 20.0 Å². The molecule has 0 bridgehead atoms. The number of hydroxylamine groups is 2. The van der Waals surface area contributed by atoms with E-state index in [9.17, 15) is 19.6 Å². The van der Waals surface area contributed by atoms with E-state index in [1.165, 1.54) is 0 Å². The number of nitrogens with one attached hydrogen (secondary N) is 1. The number of carbonyl (C=O) groups is 3. The summed E-state index contributed by atoms with van der Waals surface area (Å²) in [6.45, 7) is 7.15. The SMILES string of the molecule is CCN[N+]([O-])(OCC)C(=O)Cc1ccc2c(C(=O)OCC)c(N)c(C(=O)OCC)c-2cc1. The van der Waals surface area contributed by atoms with E-state index >= 15 is 0 Å². The minimum absolute atomic E-state index is 0.0283. The summed E-state index contributed by atoms with van der Waals surface area (Å²) >= 11 is 0. The van der Waals surface area contributed by atoms with E-state index in [2.05, 4.69) is 5.43 Å². The third-order valence-corrected chi connectivity index (χ3v) is 4.62. The normalized spacial score (nSPS) is 12.9. The van der Waals surface area contributed by atoms with Gasteiger partial charge in [-0.05, 0) is 44.4 Å². The Balaban J connectivity index is 2.55. The molecule has 1 amide bonds. The largest absolute Gasteiger partial charge is 0.570 e. The molecule has 0 saturated carbocycles. The van der Waals surface area contributed by atoms with Crippen molar-refractivity contribution >= 4 is 23.5 Å². The number of fused-ring (bicyclic) bond motifs is 1. The van der Waals surface area contributed by atoms with Crippen molar-refractivity contribution in [1.82, 2.24) is 5.43 Å². The number of ether oxygens (including phenoxy) is 2. The maximum atomic E-state index is 12.7. The molecule has 174 valence electrons. The van der Waals surface area contributed by atoms with Crippen molar-refractivity contribution in [1.29, 1.82) is 0 Å². The summed E-state index contributed by atoms with van der Waals surface area (Å²) in [6, 6.07) is 6.30. The molecule has 3 N–H and O–H groups in total. The molecule has 1 atom stereocenters. The zero-order chi connectivity index (χ0) is 23.9. The van der Waals surface area contributed by atoms with E-state index < -0.39 is 22.8 Å². The number of hydrogen-bond donors (Lipinski definition) is 2. The van der Waals surface area contributed by atoms with Crippen LogP contribution >= 0.6 is 0 Å². The fraction of sp³-hybridized carbons (Fsp3) is 0.409. The quantitative estimate of drug-likeness (QED) is 0.319. The highest BCUT2D eigenvalue weighted by molar-refractivity contribution is 6.15. The minimum Gasteiger partial charge on any atom is -0.570 e. The maximum Gasteiger partial charge on any atom is 0.370 e. The molecule has 0 aliphatic heterocycles. The zero-order valence-electron chi connectivity index (χ0n) is 18.7. The molecule has 2 aliphatic rings. The lowest BCUT2D eigenvalue weighted by Gasteiger charge is -2.34. The molecule has 0 radical (unpaired) electrons. The lowest BCUT2D eigenvalue weighted by atomic mass is 10.1. The highest BCUT2D eigenvalue weighted by Crippen LogP contribution is 2.39. The molecule has 10 nitrogen and oxygen atoms in total. The first-order valence-electron chi connectivity index (χ1n) is 10.4. The second-order valence-electron chi connectivity index (χ2n) is 6.72. The summed E-state index contributed by atoms with van der Waals surface area (Å²) in [5, 5.41) is 12.7. The predicted molar refractivity (Wildman–Crippen MR) is 117 cm³/mol. The van der Waals surface area contributed by atoms with Crippen LogP contribution in [0.2, 0.25) is 0 Å². The van der Waals surface area contributed by atoms with E-state index in [0.717, 1.165) is 0 Å². The summed E-state index contributed by atoms with van der Waals surface area (Å²) in [5.74, 6) is -2.10. The van der Waals surface area contributed by atoms with Gasteiger partial charge in [0, 0.05) is 6.54 Å². The molecule has 2 aliphatic carbocycles. The summed E-state index contributed by atoms with van der Waals surface area (Å²) in [6.07, 6.45) is -0.243. The molecule has 2 rings (SSSR count). The van der Waals surface area contributed by atoms with Crippen LogP contribution in [0.1, 0.15) is 54.0 Å². The van der Waals surface area contributed by atoms with Crippen molar-refractivity contribution in [2.45, 2.75) is 34.1 Å². The number of quaternary nitrogens is 1. The minimum atomic E-state index is -1.62. The Kier molecular flexibility index (Phi) is 8.67. The van der Waals surface area contributed by atoms with Crippen LogP contribution in [0, 0.1) is 5.21 Å². The fourth-order valence-corrected chi connectivity index (χ4v) is 3.31. The zero-order valence-corrected chi connectivity index (χ0v) is 18.7. The Bertz CT molecular complexity index is 899. The van der Waals surface area contributed by atoms with Gasteiger partial charge in [-0.15, -0.1) is 5.43 Å². The van der Waals surface area contributed by atoms with Crippen LogP contribution in [0.4, 0.5) is 5.69 Å².